The van der Waals surface area contributed by atoms with Crippen molar-refractivity contribution in [2.24, 2.45) is 5.10 Å². The monoisotopic (exact) mass is 806 g/mol. The first kappa shape index (κ1) is 19.4. The fraction of sp³-hybridized carbons (Fsp3) is 0.267. The molecule has 4 N–H and O–H groups in total. The summed E-state index contributed by atoms with van der Waals surface area (Å²) >= 11 is 5.15. The van der Waals surface area contributed by atoms with Crippen LogP contribution in [0.2, 0.25) is 0 Å². The van der Waals surface area contributed by atoms with Crippen molar-refractivity contribution < 1.29 is 46.9 Å². The van der Waals surface area contributed by atoms with Crippen LogP contribution in [0.15, 0.2) is 38.2 Å². The molecule has 0 aromatic heterocycles. The number of halogens is 4. The van der Waals surface area contributed by atoms with E-state index >= 15 is 0 Å². The van der Waals surface area contributed by atoms with Gasteiger partial charge in [0.1, 0.15) is 0 Å². The van der Waals surface area contributed by atoms with E-state index in [0.717, 1.165) is 46.3 Å². The van der Waals surface area contributed by atoms with E-state index in [0.29, 0.717) is 24.7 Å². The van der Waals surface area contributed by atoms with Crippen molar-refractivity contribution in [2.75, 3.05) is 18.3 Å². The van der Waals surface area contributed by atoms with E-state index in [1.165, 1.54) is 11.1 Å². The minimum atomic E-state index is 0.103. The number of anilines is 2. The molecule has 1 aliphatic carbocycles. The van der Waals surface area contributed by atoms with E-state index in [2.05, 4.69) is 66.3 Å². The van der Waals surface area contributed by atoms with E-state index in [-0.39, 0.29) is 21.5 Å². The summed E-state index contributed by atoms with van der Waals surface area (Å²) in [5, 5.41) is 4.74. The van der Waals surface area contributed by atoms with Gasteiger partial charge in [0.2, 0.25) is 0 Å². The minimum absolute atomic E-state index is 0.103. The first-order valence-corrected chi connectivity index (χ1v) is 17.3. The molecule has 3 unspecified atom stereocenters. The molecule has 1 aromatic carbocycles. The second-order valence-corrected chi connectivity index (χ2v) is 17.6. The van der Waals surface area contributed by atoms with Gasteiger partial charge in [0.15, 0.2) is 0 Å². The number of benzene rings is 1. The summed E-state index contributed by atoms with van der Waals surface area (Å²) in [4.78, 5) is 0. The van der Waals surface area contributed by atoms with Crippen molar-refractivity contribution in [3.05, 3.63) is 42.3 Å². The molecule has 5 nitrogen and oxygen atoms in total. The number of allylic oxidation sites excluding steroid dienone is 2. The summed E-state index contributed by atoms with van der Waals surface area (Å²) in [6.45, 7) is 0. The van der Waals surface area contributed by atoms with Gasteiger partial charge < -0.3 is 0 Å². The van der Waals surface area contributed by atoms with Crippen LogP contribution in [0.3, 0.4) is 0 Å². The number of nitrogen functional groups attached to an aromatic ring is 1. The van der Waals surface area contributed by atoms with E-state index in [4.69, 9.17) is 15.6 Å². The standard InChI is InChI=1S/C15H15I4N4OP/c1-24-13-9(14-18-21-14)4-7(5-11(13)17)22-23-12-8(15-19-25-15)2-6(20)3-10(12)16/h2-3,5,14-15,21,23,25H,4,20H2,1H3/q-2/b22-7-. The van der Waals surface area contributed by atoms with E-state index < -0.39 is 0 Å². The molecule has 2 fully saturated rings. The number of hydrazone groups is 1. The quantitative estimate of drug-likeness (QED) is 0.0466. The van der Waals surface area contributed by atoms with E-state index in [1.54, 1.807) is 7.11 Å². The molecule has 10 heteroatoms. The third-order valence-corrected chi connectivity index (χ3v) is 12.7. The van der Waals surface area contributed by atoms with Crippen LogP contribution >= 0.6 is 51.4 Å². The first-order valence-electron chi connectivity index (χ1n) is 7.38. The third kappa shape index (κ3) is 4.57. The van der Waals surface area contributed by atoms with Crippen molar-refractivity contribution in [2.45, 2.75) is 14.1 Å². The second-order valence-electron chi connectivity index (χ2n) is 5.57. The predicted octanol–water partition coefficient (Wildman–Crippen LogP) is -2.11. The average molecular weight is 806 g/mol. The average Bonchev–Trinajstić information content (AvgIpc) is 3.46. The Hall–Kier alpha value is 1.08. The molecule has 3 aliphatic rings. The van der Waals surface area contributed by atoms with Crippen molar-refractivity contribution in [3.8, 4) is 0 Å². The van der Waals surface area contributed by atoms with Gasteiger partial charge in [0.25, 0.3) is 0 Å². The summed E-state index contributed by atoms with van der Waals surface area (Å²) in [6, 6.07) is 4.15. The van der Waals surface area contributed by atoms with Crippen LogP contribution in [0, 0.1) is 3.57 Å². The number of nitrogens with two attached hydrogens (primary N) is 1. The predicted molar refractivity (Wildman–Crippen MR) is 113 cm³/mol. The summed E-state index contributed by atoms with van der Waals surface area (Å²) in [5.41, 5.74) is 15.2. The van der Waals surface area contributed by atoms with E-state index in [1.807, 2.05) is 6.07 Å². The van der Waals surface area contributed by atoms with Crippen molar-refractivity contribution in [1.82, 2.24) is 3.53 Å². The normalized spacial score (nSPS) is 28.1. The van der Waals surface area contributed by atoms with Crippen LogP contribution in [-0.4, -0.2) is 16.9 Å². The Kier molecular flexibility index (Phi) is 6.37. The topological polar surface area (TPSA) is 81.6 Å². The van der Waals surface area contributed by atoms with Gasteiger partial charge in [-0.1, -0.05) is 0 Å². The molecule has 0 amide bonds. The molecular formula is C15H15I4N4OP-2. The van der Waals surface area contributed by atoms with Gasteiger partial charge in [0, 0.05) is 0 Å². The second kappa shape index (κ2) is 8.21. The van der Waals surface area contributed by atoms with Gasteiger partial charge in [-0.25, -0.2) is 0 Å². The Morgan fingerprint density at radius 1 is 1.44 bits per heavy atom. The van der Waals surface area contributed by atoms with Crippen molar-refractivity contribution >= 4 is 68.5 Å². The summed E-state index contributed by atoms with van der Waals surface area (Å²) in [6.07, 6.45) is 4.08. The van der Waals surface area contributed by atoms with Gasteiger partial charge in [-0.2, -0.15) is 0 Å². The fourth-order valence-corrected chi connectivity index (χ4v) is 9.33. The summed E-state index contributed by atoms with van der Waals surface area (Å²) in [7, 11) is 1.76. The van der Waals surface area contributed by atoms with Gasteiger partial charge in [-0.15, -0.1) is 0 Å². The van der Waals surface area contributed by atoms with Crippen LogP contribution < -0.4 is 56.8 Å². The Balaban J connectivity index is 1.60. The number of nitrogens with zero attached hydrogens (tertiary/aromatic N) is 1. The molecule has 1 aromatic rings. The Bertz CT molecular complexity index is 818. The zero-order valence-electron chi connectivity index (χ0n) is 13.0. The molecule has 0 radical (unpaired) electrons. The van der Waals surface area contributed by atoms with Gasteiger partial charge in [0.05, 0.1) is 0 Å². The summed E-state index contributed by atoms with van der Waals surface area (Å²) < 4.78 is 12.7. The van der Waals surface area contributed by atoms with Gasteiger partial charge in [-0.3, -0.25) is 0 Å². The number of hydrogen-bond donors (Lipinski definition) is 3. The maximum atomic E-state index is 6.05. The molecular weight excluding hydrogens is 791 g/mol. The van der Waals surface area contributed by atoms with Crippen molar-refractivity contribution in [3.63, 3.8) is 0 Å². The Morgan fingerprint density at radius 3 is 2.84 bits per heavy atom. The molecule has 136 valence electrons. The third-order valence-electron chi connectivity index (χ3n) is 3.85. The number of alkyl halides is 2. The van der Waals surface area contributed by atoms with Crippen LogP contribution in [0.5, 0.6) is 0 Å². The zero-order chi connectivity index (χ0) is 17.6. The molecule has 0 saturated carbocycles. The molecule has 2 aliphatic heterocycles. The fourth-order valence-electron chi connectivity index (χ4n) is 2.60. The van der Waals surface area contributed by atoms with Crippen molar-refractivity contribution in [1.29, 1.82) is 0 Å². The van der Waals surface area contributed by atoms with Gasteiger partial charge in [-0.05, 0) is 0 Å². The zero-order valence-corrected chi connectivity index (χ0v) is 22.7. The van der Waals surface area contributed by atoms with E-state index in [9.17, 15) is 0 Å². The maximum absolute atomic E-state index is 6.05. The number of hydrogen-bond acceptors (Lipinski definition) is 5. The number of ether oxygens (including phenoxy) is 1. The molecule has 25 heavy (non-hydrogen) atoms. The summed E-state index contributed by atoms with van der Waals surface area (Å²) in [5.74, 6) is 1.03. The number of methoxy groups -OCH3 is 1. The molecule has 0 spiro atoms. The Morgan fingerprint density at radius 2 is 2.20 bits per heavy atom. The number of nitrogens with one attached hydrogen (secondary N) is 2. The van der Waals surface area contributed by atoms with Crippen LogP contribution in [0.1, 0.15) is 15.6 Å². The SMILES string of the molecule is COC1=C(C2N[I-]2)C/C(=N/Nc2c(I)cc(N)cc2C2P[I-]2)C=C1I. The molecule has 2 saturated heterocycles. The molecule has 4 rings (SSSR count). The first-order chi connectivity index (χ1) is 12.1. The van der Waals surface area contributed by atoms with Crippen LogP contribution in [0.4, 0.5) is 11.4 Å². The molecule has 2 heterocycles. The number of rotatable bonds is 5. The van der Waals surface area contributed by atoms with Crippen LogP contribution in [0.25, 0.3) is 0 Å². The van der Waals surface area contributed by atoms with Gasteiger partial charge >= 0.3 is 199 Å². The Labute approximate surface area is 196 Å². The molecule has 3 atom stereocenters. The van der Waals surface area contributed by atoms with Crippen LogP contribution in [-0.2, 0) is 4.74 Å². The molecule has 0 bridgehead atoms.